The van der Waals surface area contributed by atoms with Gasteiger partial charge in [-0.3, -0.25) is 0 Å². The van der Waals surface area contributed by atoms with Crippen molar-refractivity contribution in [3.05, 3.63) is 47.8 Å². The molecule has 0 atom stereocenters. The molecule has 0 spiro atoms. The molecule has 112 valence electrons. The van der Waals surface area contributed by atoms with Gasteiger partial charge >= 0.3 is 0 Å². The van der Waals surface area contributed by atoms with Gasteiger partial charge in [0.2, 0.25) is 0 Å². The summed E-state index contributed by atoms with van der Waals surface area (Å²) in [6, 6.07) is 6.09. The topological polar surface area (TPSA) is 52.7 Å². The number of rotatable bonds is 6. The van der Waals surface area contributed by atoms with Gasteiger partial charge in [-0.25, -0.2) is 9.37 Å². The summed E-state index contributed by atoms with van der Waals surface area (Å²) >= 11 is 6.97. The first-order valence-electron chi connectivity index (χ1n) is 6.52. The van der Waals surface area contributed by atoms with E-state index in [0.29, 0.717) is 5.11 Å². The second-order valence-electron chi connectivity index (χ2n) is 4.41. The summed E-state index contributed by atoms with van der Waals surface area (Å²) in [7, 11) is 0. The van der Waals surface area contributed by atoms with Crippen LogP contribution in [0.4, 0.5) is 10.1 Å². The predicted molar refractivity (Wildman–Crippen MR) is 90.1 cm³/mol. The van der Waals surface area contributed by atoms with Crippen molar-refractivity contribution in [2.24, 2.45) is 0 Å². The fourth-order valence-electron chi connectivity index (χ4n) is 1.65. The van der Waals surface area contributed by atoms with E-state index in [-0.39, 0.29) is 5.82 Å². The van der Waals surface area contributed by atoms with Crippen LogP contribution in [0, 0.1) is 12.7 Å². The highest BCUT2D eigenvalue weighted by Crippen LogP contribution is 2.11. The summed E-state index contributed by atoms with van der Waals surface area (Å²) in [6.45, 7) is 2.78. The van der Waals surface area contributed by atoms with Crippen LogP contribution in [0.15, 0.2) is 30.6 Å². The quantitative estimate of drug-likeness (QED) is 0.563. The Bertz CT molecular complexity index is 583. The molecule has 0 aliphatic carbocycles. The number of nitrogens with zero attached hydrogens (tertiary/aromatic N) is 1. The van der Waals surface area contributed by atoms with Crippen molar-refractivity contribution >= 4 is 34.8 Å². The Kier molecular flexibility index (Phi) is 6.01. The highest BCUT2D eigenvalue weighted by Gasteiger charge is 2.01. The van der Waals surface area contributed by atoms with Crippen LogP contribution >= 0.6 is 24.0 Å². The van der Waals surface area contributed by atoms with Gasteiger partial charge in [-0.2, -0.15) is 11.8 Å². The zero-order valence-electron chi connectivity index (χ0n) is 11.6. The molecule has 0 aliphatic heterocycles. The van der Waals surface area contributed by atoms with Crippen molar-refractivity contribution in [3.63, 3.8) is 0 Å². The molecule has 1 aromatic carbocycles. The molecule has 1 aromatic heterocycles. The van der Waals surface area contributed by atoms with Gasteiger partial charge in [0.1, 0.15) is 5.82 Å². The number of imidazole rings is 1. The Balaban J connectivity index is 1.61. The second-order valence-corrected chi connectivity index (χ2v) is 5.93. The molecule has 7 heteroatoms. The van der Waals surface area contributed by atoms with Crippen molar-refractivity contribution in [1.82, 2.24) is 15.3 Å². The lowest BCUT2D eigenvalue weighted by atomic mass is 10.3. The van der Waals surface area contributed by atoms with Crippen molar-refractivity contribution in [2.45, 2.75) is 12.7 Å². The fraction of sp³-hybridized carbons (Fsp3) is 0.286. The van der Waals surface area contributed by atoms with E-state index in [1.165, 1.54) is 12.1 Å². The van der Waals surface area contributed by atoms with E-state index in [4.69, 9.17) is 12.2 Å². The minimum atomic E-state index is -0.260. The van der Waals surface area contributed by atoms with E-state index in [1.54, 1.807) is 30.2 Å². The molecule has 3 N–H and O–H groups in total. The van der Waals surface area contributed by atoms with E-state index < -0.39 is 0 Å². The number of nitrogens with one attached hydrogen (secondary N) is 3. The molecule has 2 rings (SSSR count). The third kappa shape index (κ3) is 5.35. The smallest absolute Gasteiger partial charge is 0.170 e. The Morgan fingerprint density at radius 2 is 2.14 bits per heavy atom. The molecule has 0 bridgehead atoms. The first-order valence-corrected chi connectivity index (χ1v) is 8.08. The number of anilines is 1. The number of thiocarbonyl (C=S) groups is 1. The molecule has 0 aliphatic rings. The molecule has 0 fully saturated rings. The first-order chi connectivity index (χ1) is 10.1. The van der Waals surface area contributed by atoms with Crippen LogP contribution in [0.1, 0.15) is 11.4 Å². The van der Waals surface area contributed by atoms with Crippen LogP contribution in [0.5, 0.6) is 0 Å². The third-order valence-electron chi connectivity index (χ3n) is 2.81. The molecule has 0 amide bonds. The van der Waals surface area contributed by atoms with Gasteiger partial charge in [0, 0.05) is 29.4 Å². The van der Waals surface area contributed by atoms with Gasteiger partial charge in [-0.1, -0.05) is 0 Å². The molecule has 0 saturated carbocycles. The fourth-order valence-corrected chi connectivity index (χ4v) is 2.74. The Labute approximate surface area is 132 Å². The van der Waals surface area contributed by atoms with Crippen LogP contribution < -0.4 is 10.6 Å². The predicted octanol–water partition coefficient (Wildman–Crippen LogP) is 3.08. The summed E-state index contributed by atoms with van der Waals surface area (Å²) in [5, 5.41) is 6.67. The highest BCUT2D eigenvalue weighted by molar-refractivity contribution is 7.98. The first kappa shape index (κ1) is 15.8. The number of aromatic nitrogens is 2. The maximum absolute atomic E-state index is 12.8. The molecular formula is C14H17FN4S2. The lowest BCUT2D eigenvalue weighted by Crippen LogP contribution is -2.30. The largest absolute Gasteiger partial charge is 0.362 e. The summed E-state index contributed by atoms with van der Waals surface area (Å²) in [4.78, 5) is 7.31. The number of aromatic amines is 1. The highest BCUT2D eigenvalue weighted by atomic mass is 32.2. The van der Waals surface area contributed by atoms with E-state index in [9.17, 15) is 4.39 Å². The van der Waals surface area contributed by atoms with Crippen molar-refractivity contribution in [1.29, 1.82) is 0 Å². The molecule has 4 nitrogen and oxygen atoms in total. The summed E-state index contributed by atoms with van der Waals surface area (Å²) in [6.07, 6.45) is 1.71. The maximum Gasteiger partial charge on any atom is 0.170 e. The van der Waals surface area contributed by atoms with E-state index in [0.717, 1.165) is 35.1 Å². The number of halogens is 1. The van der Waals surface area contributed by atoms with E-state index in [2.05, 4.69) is 20.6 Å². The van der Waals surface area contributed by atoms with E-state index in [1.807, 2.05) is 6.92 Å². The van der Waals surface area contributed by atoms with Gasteiger partial charge < -0.3 is 15.6 Å². The molecule has 2 aromatic rings. The summed E-state index contributed by atoms with van der Waals surface area (Å²) < 4.78 is 12.8. The molecule has 1 heterocycles. The van der Waals surface area contributed by atoms with Gasteiger partial charge in [0.25, 0.3) is 0 Å². The van der Waals surface area contributed by atoms with Crippen molar-refractivity contribution in [3.8, 4) is 0 Å². The Morgan fingerprint density at radius 1 is 1.38 bits per heavy atom. The Morgan fingerprint density at radius 3 is 2.81 bits per heavy atom. The lowest BCUT2D eigenvalue weighted by molar-refractivity contribution is 0.628. The summed E-state index contributed by atoms with van der Waals surface area (Å²) in [5.74, 6) is 1.55. The standard InChI is InChI=1S/C14H17FN4S2/c1-10-13(18-9-17-10)8-21-7-6-16-14(20)19-12-4-2-11(15)3-5-12/h2-5,9H,6-8H2,1H3,(H,17,18)(H2,16,19,20). The van der Waals surface area contributed by atoms with Gasteiger partial charge in [-0.15, -0.1) is 0 Å². The maximum atomic E-state index is 12.8. The summed E-state index contributed by atoms with van der Waals surface area (Å²) in [5.41, 5.74) is 2.98. The van der Waals surface area contributed by atoms with Gasteiger partial charge in [-0.05, 0) is 43.4 Å². The second kappa shape index (κ2) is 7.99. The molecule has 21 heavy (non-hydrogen) atoms. The average Bonchev–Trinajstić information content (AvgIpc) is 2.87. The SMILES string of the molecule is Cc1[nH]cnc1CSCCNC(=S)Nc1ccc(F)cc1. The van der Waals surface area contributed by atoms with Crippen LogP contribution in [0.2, 0.25) is 0 Å². The number of hydrogen-bond acceptors (Lipinski definition) is 3. The number of benzene rings is 1. The van der Waals surface area contributed by atoms with Crippen molar-refractivity contribution < 1.29 is 4.39 Å². The number of aryl methyl sites for hydroxylation is 1. The normalized spacial score (nSPS) is 10.4. The minimum absolute atomic E-state index is 0.260. The molecule has 0 unspecified atom stereocenters. The number of hydrogen-bond donors (Lipinski definition) is 3. The molecule has 0 saturated heterocycles. The van der Waals surface area contributed by atoms with Crippen LogP contribution in [-0.4, -0.2) is 27.4 Å². The van der Waals surface area contributed by atoms with Crippen molar-refractivity contribution in [2.75, 3.05) is 17.6 Å². The molecular weight excluding hydrogens is 307 g/mol. The average molecular weight is 324 g/mol. The lowest BCUT2D eigenvalue weighted by Gasteiger charge is -2.10. The van der Waals surface area contributed by atoms with E-state index >= 15 is 0 Å². The Hall–Kier alpha value is -1.60. The van der Waals surface area contributed by atoms with Gasteiger partial charge in [0.15, 0.2) is 5.11 Å². The number of H-pyrrole nitrogens is 1. The zero-order valence-corrected chi connectivity index (χ0v) is 13.3. The van der Waals surface area contributed by atoms with Crippen LogP contribution in [0.3, 0.4) is 0 Å². The third-order valence-corrected chi connectivity index (χ3v) is 4.02. The molecule has 0 radical (unpaired) electrons. The zero-order chi connectivity index (χ0) is 15.1. The van der Waals surface area contributed by atoms with Crippen LogP contribution in [0.25, 0.3) is 0 Å². The van der Waals surface area contributed by atoms with Gasteiger partial charge in [0.05, 0.1) is 12.0 Å². The minimum Gasteiger partial charge on any atom is -0.362 e. The monoisotopic (exact) mass is 324 g/mol. The number of thioether (sulfide) groups is 1. The van der Waals surface area contributed by atoms with Crippen LogP contribution in [-0.2, 0) is 5.75 Å².